The van der Waals surface area contributed by atoms with E-state index in [1.165, 1.54) is 0 Å². The summed E-state index contributed by atoms with van der Waals surface area (Å²) in [6.45, 7) is -0.824. The first kappa shape index (κ1) is 21.8. The summed E-state index contributed by atoms with van der Waals surface area (Å²) in [5, 5.41) is 0. The van der Waals surface area contributed by atoms with Crippen LogP contribution in [0.2, 0.25) is 0 Å². The minimum atomic E-state index is -5.66. The van der Waals surface area contributed by atoms with E-state index >= 15 is 0 Å². The Bertz CT molecular complexity index is 955. The van der Waals surface area contributed by atoms with Gasteiger partial charge in [0.15, 0.2) is 17.4 Å². The van der Waals surface area contributed by atoms with E-state index in [1.54, 1.807) is 0 Å². The molecule has 3 nitrogen and oxygen atoms in total. The maximum atomic E-state index is 13.8. The number of benzene rings is 2. The van der Waals surface area contributed by atoms with Gasteiger partial charge in [0.2, 0.25) is 17.5 Å². The van der Waals surface area contributed by atoms with Crippen LogP contribution in [0.25, 0.3) is 0 Å². The molecule has 1 aliphatic heterocycles. The first-order valence-corrected chi connectivity index (χ1v) is 8.23. The number of hydrogen-bond acceptors (Lipinski definition) is 3. The van der Waals surface area contributed by atoms with Gasteiger partial charge in [-0.1, -0.05) is 6.07 Å². The van der Waals surface area contributed by atoms with Gasteiger partial charge in [-0.3, -0.25) is 0 Å². The van der Waals surface area contributed by atoms with E-state index < -0.39 is 70.6 Å². The molecule has 0 amide bonds. The zero-order valence-corrected chi connectivity index (χ0v) is 14.6. The highest BCUT2D eigenvalue weighted by Gasteiger charge is 2.42. The summed E-state index contributed by atoms with van der Waals surface area (Å²) in [7, 11) is 0. The molecule has 162 valence electrons. The molecule has 2 aromatic rings. The molecule has 0 saturated carbocycles. The highest BCUT2D eigenvalue weighted by Crippen LogP contribution is 2.39. The number of alkyl halides is 3. The lowest BCUT2D eigenvalue weighted by molar-refractivity contribution is -0.143. The number of hydrogen-bond donors (Lipinski definition) is 0. The van der Waals surface area contributed by atoms with Gasteiger partial charge in [0.05, 0.1) is 12.6 Å². The van der Waals surface area contributed by atoms with Gasteiger partial charge in [-0.15, -0.1) is 0 Å². The summed E-state index contributed by atoms with van der Waals surface area (Å²) in [6, 6.07) is 2.27. The number of rotatable bonds is 5. The van der Waals surface area contributed by atoms with Crippen LogP contribution in [0.4, 0.5) is 39.5 Å². The Labute approximate surface area is 162 Å². The van der Waals surface area contributed by atoms with Crippen LogP contribution in [0.3, 0.4) is 0 Å². The van der Waals surface area contributed by atoms with Crippen molar-refractivity contribution in [3.63, 3.8) is 0 Å². The minimum absolute atomic E-state index is 0.187. The van der Waals surface area contributed by atoms with E-state index in [0.29, 0.717) is 0 Å². The third-order valence-electron chi connectivity index (χ3n) is 4.09. The van der Waals surface area contributed by atoms with Crippen molar-refractivity contribution in [3.8, 4) is 5.75 Å². The summed E-state index contributed by atoms with van der Waals surface area (Å²) >= 11 is 0. The Balaban J connectivity index is 1.73. The van der Waals surface area contributed by atoms with Crippen LogP contribution < -0.4 is 4.74 Å². The monoisotopic (exact) mass is 443 g/mol. The summed E-state index contributed by atoms with van der Waals surface area (Å²) < 4.78 is 129. The van der Waals surface area contributed by atoms with Crippen LogP contribution in [0.5, 0.6) is 5.75 Å². The van der Waals surface area contributed by atoms with Gasteiger partial charge >= 0.3 is 6.18 Å². The maximum absolute atomic E-state index is 13.8. The molecule has 0 spiro atoms. The zero-order valence-electron chi connectivity index (χ0n) is 14.6. The van der Waals surface area contributed by atoms with Crippen molar-refractivity contribution in [2.24, 2.45) is 4.99 Å². The van der Waals surface area contributed by atoms with Gasteiger partial charge in [0.25, 0.3) is 0 Å². The predicted molar refractivity (Wildman–Crippen MR) is 84.0 cm³/mol. The minimum Gasteiger partial charge on any atom is -0.487 e. The second-order valence-corrected chi connectivity index (χ2v) is 6.09. The Morgan fingerprint density at radius 3 is 2.03 bits per heavy atom. The smallest absolute Gasteiger partial charge is 0.422 e. The van der Waals surface area contributed by atoms with Crippen LogP contribution in [0, 0.1) is 34.9 Å². The molecule has 0 aromatic heterocycles. The van der Waals surface area contributed by atoms with E-state index in [0.717, 1.165) is 18.2 Å². The summed E-state index contributed by atoms with van der Waals surface area (Å²) in [5.41, 5.74) is -3.24. The number of halogens is 9. The van der Waals surface area contributed by atoms with Crippen LogP contribution in [0.15, 0.2) is 23.2 Å². The van der Waals surface area contributed by atoms with Crippen LogP contribution in [-0.2, 0) is 10.9 Å². The zero-order chi connectivity index (χ0) is 22.2. The standard InChI is InChI=1S/C18H10F9NO2/c19-8-2-1-3-9(20)10(8)17-28-7(6-30-17)4-5-29-16-14(23)12(21)11(18(25,26)27)13(22)15(16)24/h1-3,7H,4-6H2. The van der Waals surface area contributed by atoms with Crippen LogP contribution in [-0.4, -0.2) is 25.2 Å². The van der Waals surface area contributed by atoms with Crippen LogP contribution >= 0.6 is 0 Å². The van der Waals surface area contributed by atoms with Crippen molar-refractivity contribution in [3.05, 3.63) is 64.2 Å². The third-order valence-corrected chi connectivity index (χ3v) is 4.09. The molecule has 1 heterocycles. The molecule has 1 atom stereocenters. The highest BCUT2D eigenvalue weighted by molar-refractivity contribution is 5.95. The van der Waals surface area contributed by atoms with Crippen molar-refractivity contribution in [1.29, 1.82) is 0 Å². The average Bonchev–Trinajstić information content (AvgIpc) is 3.10. The van der Waals surface area contributed by atoms with Gasteiger partial charge in [-0.25, -0.2) is 22.6 Å². The van der Waals surface area contributed by atoms with E-state index in [2.05, 4.69) is 9.73 Å². The molecule has 12 heteroatoms. The number of aliphatic imine (C=N–C) groups is 1. The van der Waals surface area contributed by atoms with E-state index in [9.17, 15) is 39.5 Å². The Kier molecular flexibility index (Phi) is 5.86. The van der Waals surface area contributed by atoms with Crippen LogP contribution in [0.1, 0.15) is 17.5 Å². The quantitative estimate of drug-likeness (QED) is 0.473. The lowest BCUT2D eigenvalue weighted by atomic mass is 10.1. The molecular weight excluding hydrogens is 433 g/mol. The van der Waals surface area contributed by atoms with Gasteiger partial charge in [0.1, 0.15) is 29.4 Å². The topological polar surface area (TPSA) is 30.8 Å². The Morgan fingerprint density at radius 1 is 0.933 bits per heavy atom. The highest BCUT2D eigenvalue weighted by atomic mass is 19.4. The lowest BCUT2D eigenvalue weighted by Crippen LogP contribution is -2.17. The third kappa shape index (κ3) is 4.03. The summed E-state index contributed by atoms with van der Waals surface area (Å²) in [5.74, 6) is -13.9. The molecule has 0 bridgehead atoms. The molecule has 0 radical (unpaired) electrons. The van der Waals surface area contributed by atoms with Gasteiger partial charge in [-0.05, 0) is 12.1 Å². The lowest BCUT2D eigenvalue weighted by Gasteiger charge is -2.15. The predicted octanol–water partition coefficient (Wildman–Crippen LogP) is 5.15. The SMILES string of the molecule is Fc1cccc(F)c1C1=NC(CCOc2c(F)c(F)c(C(F)(F)F)c(F)c2F)CO1. The molecule has 1 aliphatic rings. The second kappa shape index (κ2) is 8.07. The maximum Gasteiger partial charge on any atom is 0.422 e. The normalized spacial score (nSPS) is 16.4. The first-order valence-electron chi connectivity index (χ1n) is 8.23. The number of ether oxygens (including phenoxy) is 2. The average molecular weight is 443 g/mol. The Morgan fingerprint density at radius 2 is 1.50 bits per heavy atom. The van der Waals surface area contributed by atoms with E-state index in [1.807, 2.05) is 0 Å². The van der Waals surface area contributed by atoms with Crippen molar-refractivity contribution in [2.75, 3.05) is 13.2 Å². The second-order valence-electron chi connectivity index (χ2n) is 6.09. The Hall–Kier alpha value is -2.92. The molecule has 0 saturated heterocycles. The fourth-order valence-corrected chi connectivity index (χ4v) is 2.69. The molecule has 0 fully saturated rings. The molecule has 0 aliphatic carbocycles. The largest absolute Gasteiger partial charge is 0.487 e. The first-order chi connectivity index (χ1) is 14.0. The molecule has 1 unspecified atom stereocenters. The number of nitrogens with zero attached hydrogens (tertiary/aromatic N) is 1. The van der Waals surface area contributed by atoms with Crippen molar-refractivity contribution >= 4 is 5.90 Å². The fraction of sp³-hybridized carbons (Fsp3) is 0.278. The van der Waals surface area contributed by atoms with Crippen molar-refractivity contribution < 1.29 is 49.0 Å². The summed E-state index contributed by atoms with van der Waals surface area (Å²) in [6.07, 6.45) is -5.86. The molecular formula is C18H10F9NO2. The molecule has 3 rings (SSSR count). The molecule has 30 heavy (non-hydrogen) atoms. The van der Waals surface area contributed by atoms with Crippen molar-refractivity contribution in [2.45, 2.75) is 18.6 Å². The summed E-state index contributed by atoms with van der Waals surface area (Å²) in [4.78, 5) is 3.89. The van der Waals surface area contributed by atoms with Gasteiger partial charge < -0.3 is 9.47 Å². The molecule has 0 N–H and O–H groups in total. The van der Waals surface area contributed by atoms with Crippen molar-refractivity contribution in [1.82, 2.24) is 0 Å². The fourth-order valence-electron chi connectivity index (χ4n) is 2.69. The van der Waals surface area contributed by atoms with Gasteiger partial charge in [0, 0.05) is 6.42 Å². The van der Waals surface area contributed by atoms with E-state index in [4.69, 9.17) is 4.74 Å². The van der Waals surface area contributed by atoms with Gasteiger partial charge in [-0.2, -0.15) is 22.0 Å². The molecule has 2 aromatic carbocycles. The van der Waals surface area contributed by atoms with E-state index in [-0.39, 0.29) is 18.9 Å².